The molecule has 140 valence electrons. The highest BCUT2D eigenvalue weighted by molar-refractivity contribution is 6.42. The summed E-state index contributed by atoms with van der Waals surface area (Å²) in [6, 6.07) is 4.09. The lowest BCUT2D eigenvalue weighted by atomic mass is 10.2. The average molecular weight is 414 g/mol. The minimum absolute atomic E-state index is 0.0442. The van der Waals surface area contributed by atoms with Crippen molar-refractivity contribution in [3.8, 4) is 17.4 Å². The summed E-state index contributed by atoms with van der Waals surface area (Å²) in [6.07, 6.45) is 4.11. The number of aromatic nitrogens is 5. The molecule has 1 aromatic carbocycles. The van der Waals surface area contributed by atoms with Crippen molar-refractivity contribution in [2.24, 2.45) is 0 Å². The highest BCUT2D eigenvalue weighted by Crippen LogP contribution is 2.36. The Labute approximate surface area is 161 Å². The first kappa shape index (κ1) is 19.0. The van der Waals surface area contributed by atoms with Crippen molar-refractivity contribution < 1.29 is 13.5 Å². The molecule has 0 bridgehead atoms. The molecule has 2 heterocycles. The zero-order valence-electron chi connectivity index (χ0n) is 13.7. The topological polar surface area (TPSA) is 85.7 Å². The van der Waals surface area contributed by atoms with Crippen molar-refractivity contribution in [2.45, 2.75) is 12.8 Å². The van der Waals surface area contributed by atoms with Crippen molar-refractivity contribution in [2.75, 3.05) is 0 Å². The van der Waals surface area contributed by atoms with Gasteiger partial charge in [-0.25, -0.2) is 9.97 Å². The molecule has 0 unspecified atom stereocenters. The van der Waals surface area contributed by atoms with Crippen LogP contribution < -0.4 is 10.3 Å². The molecule has 0 aliphatic carbocycles. The van der Waals surface area contributed by atoms with Crippen molar-refractivity contribution >= 4 is 23.2 Å². The second-order valence-electron chi connectivity index (χ2n) is 5.21. The summed E-state index contributed by atoms with van der Waals surface area (Å²) in [5.41, 5.74) is -1.82. The number of nitrogens with zero attached hydrogens (tertiary/aromatic N) is 4. The van der Waals surface area contributed by atoms with Crippen molar-refractivity contribution in [1.29, 1.82) is 0 Å². The number of aromatic amines is 1. The van der Waals surface area contributed by atoms with Crippen LogP contribution in [-0.4, -0.2) is 24.7 Å². The standard InChI is InChI=1S/C16H11Cl2F2N5O2/c1-2-5-16(19,20)13-12(27-9-3-4-10(17)11(18)6-9)14(26)24-15(23-13)25-8-21-7-22-25/h2-8H,1H3,(H,23,24,26). The molecule has 0 aliphatic rings. The maximum Gasteiger partial charge on any atom is 0.312 e. The third kappa shape index (κ3) is 3.99. The van der Waals surface area contributed by atoms with E-state index in [4.69, 9.17) is 27.9 Å². The van der Waals surface area contributed by atoms with Gasteiger partial charge in [0, 0.05) is 6.07 Å². The molecule has 3 aromatic rings. The van der Waals surface area contributed by atoms with Crippen LogP contribution in [0.15, 0.2) is 47.8 Å². The molecular weight excluding hydrogens is 403 g/mol. The van der Waals surface area contributed by atoms with Gasteiger partial charge in [-0.05, 0) is 25.1 Å². The Kier molecular flexibility index (Phi) is 5.24. The Morgan fingerprint density at radius 1 is 1.30 bits per heavy atom. The summed E-state index contributed by atoms with van der Waals surface area (Å²) in [4.78, 5) is 22.3. The van der Waals surface area contributed by atoms with Crippen LogP contribution >= 0.6 is 23.2 Å². The van der Waals surface area contributed by atoms with Gasteiger partial charge in [0.15, 0.2) is 5.69 Å². The molecule has 11 heteroatoms. The summed E-state index contributed by atoms with van der Waals surface area (Å²) in [5.74, 6) is -4.45. The quantitative estimate of drug-likeness (QED) is 0.635. The molecule has 0 amide bonds. The summed E-state index contributed by atoms with van der Waals surface area (Å²) in [7, 11) is 0. The number of ether oxygens (including phenoxy) is 1. The summed E-state index contributed by atoms with van der Waals surface area (Å²) in [5, 5.41) is 4.15. The smallest absolute Gasteiger partial charge is 0.312 e. The Balaban J connectivity index is 2.16. The number of benzene rings is 1. The number of halogens is 4. The second-order valence-corrected chi connectivity index (χ2v) is 6.02. The molecular formula is C16H11Cl2F2N5O2. The third-order valence-electron chi connectivity index (χ3n) is 3.30. The predicted molar refractivity (Wildman–Crippen MR) is 95.0 cm³/mol. The van der Waals surface area contributed by atoms with Gasteiger partial charge in [0.2, 0.25) is 11.7 Å². The molecule has 1 N–H and O–H groups in total. The number of H-pyrrole nitrogens is 1. The SMILES string of the molecule is CC=CC(F)(F)c1nc(-n2cncn2)[nH]c(=O)c1Oc1ccc(Cl)c(Cl)c1. The number of allylic oxidation sites excluding steroid dienone is 2. The zero-order chi connectivity index (χ0) is 19.6. The minimum atomic E-state index is -3.58. The van der Waals surface area contributed by atoms with Crippen LogP contribution in [0.25, 0.3) is 5.95 Å². The van der Waals surface area contributed by atoms with Crippen LogP contribution in [-0.2, 0) is 5.92 Å². The van der Waals surface area contributed by atoms with E-state index in [0.29, 0.717) is 6.08 Å². The van der Waals surface area contributed by atoms with Crippen molar-refractivity contribution in [3.63, 3.8) is 0 Å². The lowest BCUT2D eigenvalue weighted by molar-refractivity contribution is 0.0442. The highest BCUT2D eigenvalue weighted by Gasteiger charge is 2.36. The molecule has 0 radical (unpaired) electrons. The number of alkyl halides is 2. The maximum atomic E-state index is 14.6. The summed E-state index contributed by atoms with van der Waals surface area (Å²) < 4.78 is 35.6. The molecule has 0 atom stereocenters. The summed E-state index contributed by atoms with van der Waals surface area (Å²) in [6.45, 7) is 1.42. The van der Waals surface area contributed by atoms with Gasteiger partial charge in [-0.1, -0.05) is 29.3 Å². The zero-order valence-corrected chi connectivity index (χ0v) is 15.2. The molecule has 0 aliphatic heterocycles. The second kappa shape index (κ2) is 7.45. The van der Waals surface area contributed by atoms with Gasteiger partial charge in [0.25, 0.3) is 5.56 Å². The van der Waals surface area contributed by atoms with Gasteiger partial charge < -0.3 is 4.74 Å². The Bertz CT molecular complexity index is 1050. The monoisotopic (exact) mass is 413 g/mol. The van der Waals surface area contributed by atoms with E-state index in [9.17, 15) is 13.6 Å². The fraction of sp³-hybridized carbons (Fsp3) is 0.125. The fourth-order valence-electron chi connectivity index (χ4n) is 2.14. The van der Waals surface area contributed by atoms with Crippen LogP contribution in [0, 0.1) is 0 Å². The summed E-state index contributed by atoms with van der Waals surface area (Å²) >= 11 is 11.7. The van der Waals surface area contributed by atoms with Crippen LogP contribution in [0.2, 0.25) is 10.0 Å². The average Bonchev–Trinajstić information content (AvgIpc) is 3.14. The third-order valence-corrected chi connectivity index (χ3v) is 4.04. The van der Waals surface area contributed by atoms with E-state index in [1.165, 1.54) is 37.8 Å². The molecule has 2 aromatic heterocycles. The van der Waals surface area contributed by atoms with E-state index in [1.54, 1.807) is 0 Å². The van der Waals surface area contributed by atoms with Crippen LogP contribution in [0.4, 0.5) is 8.78 Å². The number of nitrogens with one attached hydrogen (secondary N) is 1. The Morgan fingerprint density at radius 2 is 2.07 bits per heavy atom. The first-order valence-electron chi connectivity index (χ1n) is 7.46. The fourth-order valence-corrected chi connectivity index (χ4v) is 2.43. The van der Waals surface area contributed by atoms with E-state index < -0.39 is 22.9 Å². The first-order valence-corrected chi connectivity index (χ1v) is 8.22. The van der Waals surface area contributed by atoms with Gasteiger partial charge in [-0.3, -0.25) is 9.78 Å². The van der Waals surface area contributed by atoms with E-state index in [1.807, 2.05) is 0 Å². The van der Waals surface area contributed by atoms with E-state index in [0.717, 1.165) is 10.8 Å². The van der Waals surface area contributed by atoms with Gasteiger partial charge in [0.1, 0.15) is 18.4 Å². The van der Waals surface area contributed by atoms with Gasteiger partial charge in [0.05, 0.1) is 10.0 Å². The van der Waals surface area contributed by atoms with E-state index >= 15 is 0 Å². The van der Waals surface area contributed by atoms with Crippen LogP contribution in [0.3, 0.4) is 0 Å². The Morgan fingerprint density at radius 3 is 2.70 bits per heavy atom. The lowest BCUT2D eigenvalue weighted by Crippen LogP contribution is -2.24. The van der Waals surface area contributed by atoms with E-state index in [-0.39, 0.29) is 21.7 Å². The number of hydrogen-bond acceptors (Lipinski definition) is 5. The molecule has 0 spiro atoms. The van der Waals surface area contributed by atoms with Gasteiger partial charge in [-0.2, -0.15) is 18.6 Å². The predicted octanol–water partition coefficient (Wildman–Crippen LogP) is 4.12. The number of rotatable bonds is 5. The van der Waals surface area contributed by atoms with Crippen LogP contribution in [0.1, 0.15) is 12.6 Å². The number of hydrogen-bond donors (Lipinski definition) is 1. The molecule has 0 fully saturated rings. The van der Waals surface area contributed by atoms with Gasteiger partial charge in [-0.15, -0.1) is 0 Å². The van der Waals surface area contributed by atoms with Crippen molar-refractivity contribution in [3.05, 3.63) is 69.1 Å². The van der Waals surface area contributed by atoms with Crippen molar-refractivity contribution in [1.82, 2.24) is 24.7 Å². The highest BCUT2D eigenvalue weighted by atomic mass is 35.5. The van der Waals surface area contributed by atoms with Gasteiger partial charge >= 0.3 is 5.92 Å². The van der Waals surface area contributed by atoms with Crippen LogP contribution in [0.5, 0.6) is 11.5 Å². The van der Waals surface area contributed by atoms with E-state index in [2.05, 4.69) is 20.1 Å². The lowest BCUT2D eigenvalue weighted by Gasteiger charge is -2.16. The largest absolute Gasteiger partial charge is 0.449 e. The molecule has 0 saturated carbocycles. The molecule has 7 nitrogen and oxygen atoms in total. The maximum absolute atomic E-state index is 14.6. The molecule has 3 rings (SSSR count). The molecule has 27 heavy (non-hydrogen) atoms. The minimum Gasteiger partial charge on any atom is -0.449 e. The molecule has 0 saturated heterocycles. The Hall–Kier alpha value is -2.78. The normalized spacial score (nSPS) is 11.9. The first-order chi connectivity index (χ1) is 12.8.